The first-order chi connectivity index (χ1) is 15.1. The maximum atomic E-state index is 12.7. The van der Waals surface area contributed by atoms with E-state index in [-0.39, 0.29) is 5.91 Å². The molecule has 1 amide bonds. The third-order valence-corrected chi connectivity index (χ3v) is 5.80. The van der Waals surface area contributed by atoms with E-state index in [2.05, 4.69) is 6.07 Å². The van der Waals surface area contributed by atoms with Gasteiger partial charge in [0.05, 0.1) is 20.0 Å². The van der Waals surface area contributed by atoms with Crippen molar-refractivity contribution in [3.8, 4) is 22.6 Å². The predicted molar refractivity (Wildman–Crippen MR) is 123 cm³/mol. The number of ether oxygens (including phenoxy) is 2. The van der Waals surface area contributed by atoms with Gasteiger partial charge in [0.15, 0.2) is 0 Å². The third-order valence-electron chi connectivity index (χ3n) is 5.80. The van der Waals surface area contributed by atoms with Crippen LogP contribution in [-0.2, 0) is 4.79 Å². The lowest BCUT2D eigenvalue weighted by molar-refractivity contribution is -0.126. The van der Waals surface area contributed by atoms with Crippen LogP contribution in [0.25, 0.3) is 27.7 Å². The Kier molecular flexibility index (Phi) is 6.31. The van der Waals surface area contributed by atoms with Gasteiger partial charge in [-0.2, -0.15) is 0 Å². The average Bonchev–Trinajstić information content (AvgIpc) is 3.22. The van der Waals surface area contributed by atoms with E-state index in [1.54, 1.807) is 19.4 Å². The summed E-state index contributed by atoms with van der Waals surface area (Å²) in [6.45, 7) is 6.24. The Hall–Kier alpha value is -3.21. The number of rotatable bonds is 6. The minimum Gasteiger partial charge on any atom is -0.496 e. The molecule has 0 radical (unpaired) electrons. The van der Waals surface area contributed by atoms with E-state index in [0.717, 1.165) is 64.9 Å². The standard InChI is InChI=1S/C26H29NO4/c1-4-30-20-10-8-19(9-11-20)23-17-31-25-16-24(29-3)21(15-22(23)25)18(2)14-26(28)27-12-6-5-7-13-27/h8-11,14-17H,4-7,12-13H2,1-3H3/b18-14+. The fraction of sp³-hybridized carbons (Fsp3) is 0.346. The Labute approximate surface area is 183 Å². The second-order valence-electron chi connectivity index (χ2n) is 7.87. The monoisotopic (exact) mass is 419 g/mol. The first-order valence-electron chi connectivity index (χ1n) is 10.9. The van der Waals surface area contributed by atoms with Gasteiger partial charge in [0.25, 0.3) is 0 Å². The molecular weight excluding hydrogens is 390 g/mol. The summed E-state index contributed by atoms with van der Waals surface area (Å²) in [5.41, 5.74) is 4.57. The van der Waals surface area contributed by atoms with Gasteiger partial charge < -0.3 is 18.8 Å². The number of benzene rings is 2. The molecule has 0 saturated carbocycles. The molecule has 0 aliphatic carbocycles. The number of hydrogen-bond donors (Lipinski definition) is 0. The van der Waals surface area contributed by atoms with Gasteiger partial charge in [0.2, 0.25) is 5.91 Å². The molecule has 0 bridgehead atoms. The molecule has 2 heterocycles. The normalized spacial score (nSPS) is 14.7. The summed E-state index contributed by atoms with van der Waals surface area (Å²) in [5, 5.41) is 0.984. The summed E-state index contributed by atoms with van der Waals surface area (Å²) >= 11 is 0. The van der Waals surface area contributed by atoms with E-state index in [1.165, 1.54) is 6.42 Å². The van der Waals surface area contributed by atoms with Crippen molar-refractivity contribution in [3.63, 3.8) is 0 Å². The summed E-state index contributed by atoms with van der Waals surface area (Å²) in [5.74, 6) is 1.61. The fourth-order valence-corrected chi connectivity index (χ4v) is 4.12. The van der Waals surface area contributed by atoms with E-state index in [0.29, 0.717) is 12.4 Å². The lowest BCUT2D eigenvalue weighted by Crippen LogP contribution is -2.34. The number of methoxy groups -OCH3 is 1. The first kappa shape index (κ1) is 21.0. The van der Waals surface area contributed by atoms with E-state index in [1.807, 2.05) is 49.1 Å². The Balaban J connectivity index is 1.70. The van der Waals surface area contributed by atoms with Gasteiger partial charge in [0, 0.05) is 41.7 Å². The van der Waals surface area contributed by atoms with Gasteiger partial charge in [-0.1, -0.05) is 12.1 Å². The highest BCUT2D eigenvalue weighted by Crippen LogP contribution is 2.37. The Morgan fingerprint density at radius 2 is 1.87 bits per heavy atom. The zero-order chi connectivity index (χ0) is 21.8. The summed E-state index contributed by atoms with van der Waals surface area (Å²) < 4.78 is 17.0. The van der Waals surface area contributed by atoms with Gasteiger partial charge in [-0.15, -0.1) is 0 Å². The SMILES string of the molecule is CCOc1ccc(-c2coc3cc(OC)c(/C(C)=C/C(=O)N4CCCCC4)cc23)cc1. The highest BCUT2D eigenvalue weighted by molar-refractivity contribution is 6.00. The van der Waals surface area contributed by atoms with E-state index >= 15 is 0 Å². The van der Waals surface area contributed by atoms with Gasteiger partial charge in [-0.3, -0.25) is 4.79 Å². The lowest BCUT2D eigenvalue weighted by atomic mass is 9.99. The largest absolute Gasteiger partial charge is 0.496 e. The van der Waals surface area contributed by atoms with Crippen molar-refractivity contribution >= 4 is 22.4 Å². The van der Waals surface area contributed by atoms with Crippen molar-refractivity contribution in [1.82, 2.24) is 4.90 Å². The maximum Gasteiger partial charge on any atom is 0.246 e. The van der Waals surface area contributed by atoms with Gasteiger partial charge in [-0.05, 0) is 62.4 Å². The van der Waals surface area contributed by atoms with Crippen molar-refractivity contribution in [2.45, 2.75) is 33.1 Å². The predicted octanol–water partition coefficient (Wildman–Crippen LogP) is 5.92. The first-order valence-corrected chi connectivity index (χ1v) is 10.9. The molecule has 31 heavy (non-hydrogen) atoms. The van der Waals surface area contributed by atoms with Crippen LogP contribution in [0, 0.1) is 0 Å². The highest BCUT2D eigenvalue weighted by atomic mass is 16.5. The van der Waals surface area contributed by atoms with Crippen molar-refractivity contribution in [2.24, 2.45) is 0 Å². The van der Waals surface area contributed by atoms with Crippen LogP contribution in [-0.4, -0.2) is 37.6 Å². The molecule has 1 aliphatic rings. The smallest absolute Gasteiger partial charge is 0.246 e. The second-order valence-corrected chi connectivity index (χ2v) is 7.87. The van der Waals surface area contributed by atoms with Crippen LogP contribution in [0.5, 0.6) is 11.5 Å². The van der Waals surface area contributed by atoms with Gasteiger partial charge in [0.1, 0.15) is 17.1 Å². The molecule has 0 N–H and O–H groups in total. The quantitative estimate of drug-likeness (QED) is 0.465. The fourth-order valence-electron chi connectivity index (χ4n) is 4.12. The summed E-state index contributed by atoms with van der Waals surface area (Å²) in [7, 11) is 1.64. The average molecular weight is 420 g/mol. The van der Waals surface area contributed by atoms with Crippen LogP contribution < -0.4 is 9.47 Å². The Bertz CT molecular complexity index is 1090. The van der Waals surface area contributed by atoms with Gasteiger partial charge in [-0.25, -0.2) is 0 Å². The van der Waals surface area contributed by atoms with Crippen molar-refractivity contribution in [3.05, 3.63) is 54.3 Å². The Morgan fingerprint density at radius 3 is 2.55 bits per heavy atom. The van der Waals surface area contributed by atoms with Crippen LogP contribution in [0.3, 0.4) is 0 Å². The number of likely N-dealkylation sites (tertiary alicyclic amines) is 1. The van der Waals surface area contributed by atoms with Crippen LogP contribution in [0.15, 0.2) is 53.2 Å². The van der Waals surface area contributed by atoms with Crippen LogP contribution in [0.1, 0.15) is 38.7 Å². The third kappa shape index (κ3) is 4.46. The molecule has 5 nitrogen and oxygen atoms in total. The molecule has 0 atom stereocenters. The molecule has 3 aromatic rings. The minimum absolute atomic E-state index is 0.0679. The molecule has 1 saturated heterocycles. The van der Waals surface area contributed by atoms with Crippen molar-refractivity contribution in [2.75, 3.05) is 26.8 Å². The highest BCUT2D eigenvalue weighted by Gasteiger charge is 2.18. The molecule has 162 valence electrons. The number of amides is 1. The topological polar surface area (TPSA) is 51.9 Å². The molecule has 0 spiro atoms. The summed E-state index contributed by atoms with van der Waals surface area (Å²) in [6.07, 6.45) is 6.85. The second kappa shape index (κ2) is 9.29. The lowest BCUT2D eigenvalue weighted by Gasteiger charge is -2.25. The zero-order valence-corrected chi connectivity index (χ0v) is 18.4. The summed E-state index contributed by atoms with van der Waals surface area (Å²) in [6, 6.07) is 11.9. The Morgan fingerprint density at radius 1 is 1.13 bits per heavy atom. The van der Waals surface area contributed by atoms with Crippen LogP contribution in [0.2, 0.25) is 0 Å². The summed E-state index contributed by atoms with van der Waals surface area (Å²) in [4.78, 5) is 14.7. The number of fused-ring (bicyclic) bond motifs is 1. The molecule has 5 heteroatoms. The van der Waals surface area contributed by atoms with Crippen LogP contribution >= 0.6 is 0 Å². The molecule has 1 fully saturated rings. The number of carbonyl (C=O) groups is 1. The maximum absolute atomic E-state index is 12.7. The number of hydrogen-bond acceptors (Lipinski definition) is 4. The van der Waals surface area contributed by atoms with E-state index in [9.17, 15) is 4.79 Å². The molecule has 2 aromatic carbocycles. The van der Waals surface area contributed by atoms with Gasteiger partial charge >= 0.3 is 0 Å². The molecule has 0 unspecified atom stereocenters. The number of nitrogens with zero attached hydrogens (tertiary/aromatic N) is 1. The van der Waals surface area contributed by atoms with Crippen molar-refractivity contribution < 1.29 is 18.7 Å². The van der Waals surface area contributed by atoms with E-state index in [4.69, 9.17) is 13.9 Å². The number of piperidine rings is 1. The molecular formula is C26H29NO4. The number of carbonyl (C=O) groups excluding carboxylic acids is 1. The molecule has 1 aliphatic heterocycles. The van der Waals surface area contributed by atoms with Crippen molar-refractivity contribution in [1.29, 1.82) is 0 Å². The zero-order valence-electron chi connectivity index (χ0n) is 18.4. The van der Waals surface area contributed by atoms with Crippen LogP contribution in [0.4, 0.5) is 0 Å². The molecule has 4 rings (SSSR count). The number of allylic oxidation sites excluding steroid dienone is 1. The number of furan rings is 1. The minimum atomic E-state index is 0.0679. The molecule has 1 aromatic heterocycles. The van der Waals surface area contributed by atoms with E-state index < -0.39 is 0 Å².